The highest BCUT2D eigenvalue weighted by Gasteiger charge is 2.27. The van der Waals surface area contributed by atoms with E-state index in [-0.39, 0.29) is 23.8 Å². The second kappa shape index (κ2) is 5.56. The third-order valence-corrected chi connectivity index (χ3v) is 3.82. The van der Waals surface area contributed by atoms with E-state index in [0.29, 0.717) is 6.42 Å². The van der Waals surface area contributed by atoms with Crippen LogP contribution in [0.3, 0.4) is 0 Å². The molecule has 3 rings (SSSR count). The number of rotatable bonds is 3. The molecular formula is C17H17FN2O. The molecule has 0 aliphatic carbocycles. The lowest BCUT2D eigenvalue weighted by atomic mass is 10.1. The second-order valence-electron chi connectivity index (χ2n) is 5.34. The van der Waals surface area contributed by atoms with Gasteiger partial charge in [-0.1, -0.05) is 30.3 Å². The number of benzene rings is 2. The molecule has 0 saturated heterocycles. The van der Waals surface area contributed by atoms with Gasteiger partial charge in [0.2, 0.25) is 5.91 Å². The van der Waals surface area contributed by atoms with E-state index in [1.165, 1.54) is 12.1 Å². The number of hydrogen-bond donors (Lipinski definition) is 2. The number of anilines is 1. The molecule has 108 valence electrons. The van der Waals surface area contributed by atoms with Gasteiger partial charge in [-0.25, -0.2) is 4.39 Å². The van der Waals surface area contributed by atoms with E-state index in [2.05, 4.69) is 10.6 Å². The average molecular weight is 284 g/mol. The Morgan fingerprint density at radius 3 is 2.67 bits per heavy atom. The molecule has 1 unspecified atom stereocenters. The third kappa shape index (κ3) is 2.89. The number of para-hydroxylation sites is 1. The Morgan fingerprint density at radius 2 is 1.95 bits per heavy atom. The maximum Gasteiger partial charge on any atom is 0.243 e. The molecule has 0 spiro atoms. The number of amides is 1. The minimum atomic E-state index is -0.273. The van der Waals surface area contributed by atoms with E-state index in [0.717, 1.165) is 16.8 Å². The summed E-state index contributed by atoms with van der Waals surface area (Å²) in [6.07, 6.45) is 0.693. The van der Waals surface area contributed by atoms with Gasteiger partial charge >= 0.3 is 0 Å². The van der Waals surface area contributed by atoms with Crippen molar-refractivity contribution in [2.75, 3.05) is 5.32 Å². The molecule has 2 atom stereocenters. The van der Waals surface area contributed by atoms with Crippen LogP contribution in [0.25, 0.3) is 0 Å². The van der Waals surface area contributed by atoms with Crippen LogP contribution in [-0.2, 0) is 11.2 Å². The van der Waals surface area contributed by atoms with Crippen molar-refractivity contribution < 1.29 is 9.18 Å². The highest BCUT2D eigenvalue weighted by atomic mass is 19.1. The van der Waals surface area contributed by atoms with E-state index >= 15 is 0 Å². The van der Waals surface area contributed by atoms with Gasteiger partial charge in [0.05, 0.1) is 6.04 Å². The van der Waals surface area contributed by atoms with Crippen LogP contribution in [0.1, 0.15) is 24.1 Å². The molecule has 0 aromatic heterocycles. The summed E-state index contributed by atoms with van der Waals surface area (Å²) in [4.78, 5) is 12.3. The maximum absolute atomic E-state index is 12.9. The molecule has 0 bridgehead atoms. The van der Waals surface area contributed by atoms with Crippen molar-refractivity contribution in [3.05, 3.63) is 65.5 Å². The van der Waals surface area contributed by atoms with E-state index < -0.39 is 0 Å². The largest absolute Gasteiger partial charge is 0.373 e. The standard InChI is InChI=1S/C17H17FN2O/c1-11(12-6-8-14(18)9-7-12)19-17(21)16-10-13-4-2-3-5-15(13)20-16/h2-9,11,16,20H,10H2,1H3,(H,19,21)/t11-,16?/m1/s1. The first kappa shape index (κ1) is 13.6. The van der Waals surface area contributed by atoms with Gasteiger partial charge in [-0.05, 0) is 36.2 Å². The molecule has 0 saturated carbocycles. The monoisotopic (exact) mass is 284 g/mol. The van der Waals surface area contributed by atoms with Crippen molar-refractivity contribution in [1.82, 2.24) is 5.32 Å². The zero-order chi connectivity index (χ0) is 14.8. The smallest absolute Gasteiger partial charge is 0.243 e. The number of hydrogen-bond acceptors (Lipinski definition) is 2. The fourth-order valence-corrected chi connectivity index (χ4v) is 2.60. The van der Waals surface area contributed by atoms with Gasteiger partial charge in [0, 0.05) is 12.1 Å². The van der Waals surface area contributed by atoms with Crippen LogP contribution in [0.5, 0.6) is 0 Å². The fourth-order valence-electron chi connectivity index (χ4n) is 2.60. The van der Waals surface area contributed by atoms with Gasteiger partial charge < -0.3 is 10.6 Å². The quantitative estimate of drug-likeness (QED) is 0.909. The molecule has 0 radical (unpaired) electrons. The molecule has 1 heterocycles. The molecule has 1 aliphatic rings. The highest BCUT2D eigenvalue weighted by Crippen LogP contribution is 2.25. The minimum Gasteiger partial charge on any atom is -0.373 e. The molecular weight excluding hydrogens is 267 g/mol. The Hall–Kier alpha value is -2.36. The lowest BCUT2D eigenvalue weighted by Gasteiger charge is -2.18. The normalized spacial score (nSPS) is 17.7. The van der Waals surface area contributed by atoms with Gasteiger partial charge in [-0.2, -0.15) is 0 Å². The molecule has 4 heteroatoms. The maximum atomic E-state index is 12.9. The molecule has 3 nitrogen and oxygen atoms in total. The number of nitrogens with one attached hydrogen (secondary N) is 2. The van der Waals surface area contributed by atoms with Gasteiger partial charge in [0.15, 0.2) is 0 Å². The van der Waals surface area contributed by atoms with E-state index in [9.17, 15) is 9.18 Å². The van der Waals surface area contributed by atoms with Gasteiger partial charge in [0.25, 0.3) is 0 Å². The van der Waals surface area contributed by atoms with Crippen molar-refractivity contribution in [2.24, 2.45) is 0 Å². The lowest BCUT2D eigenvalue weighted by Crippen LogP contribution is -2.39. The van der Waals surface area contributed by atoms with Gasteiger partial charge in [0.1, 0.15) is 11.9 Å². The number of carbonyl (C=O) groups is 1. The number of halogens is 1. The summed E-state index contributed by atoms with van der Waals surface area (Å²) in [5, 5.41) is 6.20. The predicted molar refractivity (Wildman–Crippen MR) is 80.5 cm³/mol. The molecule has 1 amide bonds. The van der Waals surface area contributed by atoms with Crippen molar-refractivity contribution in [2.45, 2.75) is 25.4 Å². The molecule has 2 aromatic rings. The van der Waals surface area contributed by atoms with Crippen LogP contribution in [0.4, 0.5) is 10.1 Å². The molecule has 2 aromatic carbocycles. The summed E-state index contributed by atoms with van der Waals surface area (Å²) in [7, 11) is 0. The van der Waals surface area contributed by atoms with Crippen LogP contribution in [0.15, 0.2) is 48.5 Å². The molecule has 0 fully saturated rings. The Bertz CT molecular complexity index is 629. The summed E-state index contributed by atoms with van der Waals surface area (Å²) in [5.74, 6) is -0.312. The summed E-state index contributed by atoms with van der Waals surface area (Å²) in [6, 6.07) is 13.7. The topological polar surface area (TPSA) is 41.1 Å². The van der Waals surface area contributed by atoms with Crippen LogP contribution in [-0.4, -0.2) is 11.9 Å². The molecule has 1 aliphatic heterocycles. The van der Waals surface area contributed by atoms with Crippen LogP contribution < -0.4 is 10.6 Å². The predicted octanol–water partition coefficient (Wildman–Crippen LogP) is 3.04. The Kier molecular flexibility index (Phi) is 3.60. The fraction of sp³-hybridized carbons (Fsp3) is 0.235. The second-order valence-corrected chi connectivity index (χ2v) is 5.34. The third-order valence-electron chi connectivity index (χ3n) is 3.82. The highest BCUT2D eigenvalue weighted by molar-refractivity contribution is 5.87. The van der Waals surface area contributed by atoms with Crippen molar-refractivity contribution in [1.29, 1.82) is 0 Å². The Balaban J connectivity index is 1.64. The minimum absolute atomic E-state index is 0.0389. The average Bonchev–Trinajstić information content (AvgIpc) is 2.92. The zero-order valence-electron chi connectivity index (χ0n) is 11.8. The Morgan fingerprint density at radius 1 is 1.24 bits per heavy atom. The van der Waals surface area contributed by atoms with Gasteiger partial charge in [-0.3, -0.25) is 4.79 Å². The van der Waals surface area contributed by atoms with Crippen LogP contribution in [0.2, 0.25) is 0 Å². The first-order valence-electron chi connectivity index (χ1n) is 7.04. The first-order chi connectivity index (χ1) is 10.1. The van der Waals surface area contributed by atoms with E-state index in [1.54, 1.807) is 12.1 Å². The SMILES string of the molecule is C[C@@H](NC(=O)C1Cc2ccccc2N1)c1ccc(F)cc1. The lowest BCUT2D eigenvalue weighted by molar-refractivity contribution is -0.122. The number of fused-ring (bicyclic) bond motifs is 1. The van der Waals surface area contributed by atoms with E-state index in [4.69, 9.17) is 0 Å². The molecule has 21 heavy (non-hydrogen) atoms. The zero-order valence-corrected chi connectivity index (χ0v) is 11.8. The van der Waals surface area contributed by atoms with Crippen molar-refractivity contribution >= 4 is 11.6 Å². The number of carbonyl (C=O) groups excluding carboxylic acids is 1. The Labute approximate surface area is 123 Å². The van der Waals surface area contributed by atoms with Gasteiger partial charge in [-0.15, -0.1) is 0 Å². The van der Waals surface area contributed by atoms with Crippen LogP contribution >= 0.6 is 0 Å². The summed E-state index contributed by atoms with van der Waals surface area (Å²) >= 11 is 0. The summed E-state index contributed by atoms with van der Waals surface area (Å²) in [6.45, 7) is 1.90. The van der Waals surface area contributed by atoms with Crippen molar-refractivity contribution in [3.63, 3.8) is 0 Å². The summed E-state index contributed by atoms with van der Waals surface area (Å²) < 4.78 is 12.9. The van der Waals surface area contributed by atoms with Crippen molar-refractivity contribution in [3.8, 4) is 0 Å². The van der Waals surface area contributed by atoms with E-state index in [1.807, 2.05) is 31.2 Å². The first-order valence-corrected chi connectivity index (χ1v) is 7.04. The summed E-state index contributed by atoms with van der Waals surface area (Å²) in [5.41, 5.74) is 3.07. The molecule has 2 N–H and O–H groups in total. The van der Waals surface area contributed by atoms with Crippen LogP contribution in [0, 0.1) is 5.82 Å².